The van der Waals surface area contributed by atoms with Gasteiger partial charge in [-0.3, -0.25) is 0 Å². The Hall–Kier alpha value is -1.12. The number of furan rings is 1. The largest absolute Gasteiger partial charge is 1.00 e. The van der Waals surface area contributed by atoms with E-state index in [0.717, 1.165) is 5.54 Å². The van der Waals surface area contributed by atoms with Gasteiger partial charge in [0.2, 0.25) is 0 Å². The fraction of sp³-hybridized carbons (Fsp3) is 0.333. The summed E-state index contributed by atoms with van der Waals surface area (Å²) >= 11 is 1.59. The molecule has 4 aliphatic rings. The van der Waals surface area contributed by atoms with Gasteiger partial charge in [0.15, 0.2) is 0 Å². The summed E-state index contributed by atoms with van der Waals surface area (Å²) in [6.45, 7) is 13.9. The monoisotopic (exact) mass is 597 g/mol. The van der Waals surface area contributed by atoms with Gasteiger partial charge in [-0.1, -0.05) is 18.7 Å². The molecule has 0 N–H and O–H groups in total. The van der Waals surface area contributed by atoms with Gasteiger partial charge in [0.25, 0.3) is 0 Å². The summed E-state index contributed by atoms with van der Waals surface area (Å²) in [4.78, 5) is 0. The number of rotatable bonds is 3. The number of benzene rings is 2. The number of fused-ring (bicyclic) bond motifs is 1. The van der Waals surface area contributed by atoms with Crippen LogP contribution in [0, 0.1) is 0 Å². The van der Waals surface area contributed by atoms with E-state index in [2.05, 4.69) is 95.4 Å². The van der Waals surface area contributed by atoms with Gasteiger partial charge in [0, 0.05) is 11.1 Å². The second-order valence-electron chi connectivity index (χ2n) is 10.5. The zero-order valence-corrected chi connectivity index (χ0v) is 26.3. The van der Waals surface area contributed by atoms with Gasteiger partial charge >= 0.3 is 143 Å². The summed E-state index contributed by atoms with van der Waals surface area (Å²) in [7, 11) is -1.08. The normalized spacial score (nSPS) is 20.9. The maximum absolute atomic E-state index is 5.51. The molecule has 3 unspecified atom stereocenters. The SMILES string of the molecule is CC1=C2c3occc3C1[Si]2(C)C.CCC(C)c1ccc(-c2cccc3c2C=C(C)[CH]3[Zr+2])cc1.[Cl-].[Cl-]. The van der Waals surface area contributed by atoms with Gasteiger partial charge in [-0.2, -0.15) is 0 Å². The molecule has 0 saturated carbocycles. The van der Waals surface area contributed by atoms with E-state index in [0.29, 0.717) is 9.54 Å². The van der Waals surface area contributed by atoms with Gasteiger partial charge in [0.05, 0.1) is 14.3 Å². The number of halogens is 2. The number of allylic oxidation sites excluding steroid dienone is 2. The molecule has 181 valence electrons. The summed E-state index contributed by atoms with van der Waals surface area (Å²) < 4.78 is 6.16. The fourth-order valence-corrected chi connectivity index (χ4v) is 11.2. The second kappa shape index (κ2) is 10.7. The van der Waals surface area contributed by atoms with E-state index in [-0.39, 0.29) is 24.8 Å². The van der Waals surface area contributed by atoms with E-state index in [4.69, 9.17) is 4.42 Å². The van der Waals surface area contributed by atoms with Crippen LogP contribution in [0.1, 0.15) is 77.2 Å². The Morgan fingerprint density at radius 3 is 2.26 bits per heavy atom. The molecule has 2 aromatic carbocycles. The molecule has 1 nitrogen and oxygen atoms in total. The Kier molecular flexibility index (Phi) is 8.70. The fourth-order valence-electron chi connectivity index (χ4n) is 6.13. The molecule has 2 aliphatic carbocycles. The molecule has 2 aliphatic heterocycles. The third kappa shape index (κ3) is 4.56. The van der Waals surface area contributed by atoms with Crippen LogP contribution in [-0.4, -0.2) is 8.07 Å². The van der Waals surface area contributed by atoms with E-state index < -0.39 is 8.07 Å². The first kappa shape index (κ1) is 28.5. The topological polar surface area (TPSA) is 13.1 Å². The molecule has 0 saturated heterocycles. The van der Waals surface area contributed by atoms with E-state index in [1.54, 1.807) is 35.5 Å². The molecule has 7 rings (SSSR count). The standard InChI is InChI=1S/C20H21.C10H12OSi.2ClH.Zr/c1-4-15(3)16-8-10-17(11-9-16)19-7-5-6-18-12-14(2)13-20(18)19;1-6-9-7-4-5-11-8(7)10(6)12(9,2)3;;;/h5-13,15H,4H2,1-3H3;4-5,9H,1-3H3;2*1H;/q;;;;+2/p-2. The molecular weight excluding hydrogens is 567 g/mol. The van der Waals surface area contributed by atoms with Crippen LogP contribution in [0.4, 0.5) is 0 Å². The van der Waals surface area contributed by atoms with Crippen LogP contribution in [0.3, 0.4) is 0 Å². The van der Waals surface area contributed by atoms with Crippen LogP contribution in [0.2, 0.25) is 13.1 Å². The molecule has 3 atom stereocenters. The minimum absolute atomic E-state index is 0. The predicted molar refractivity (Wildman–Crippen MR) is 139 cm³/mol. The smallest absolute Gasteiger partial charge is 1.00 e. The average molecular weight is 600 g/mol. The first-order valence-electron chi connectivity index (χ1n) is 12.2. The van der Waals surface area contributed by atoms with Crippen LogP contribution in [-0.2, 0) is 24.7 Å². The zero-order valence-electron chi connectivity index (χ0n) is 21.4. The Bertz CT molecular complexity index is 1290. The van der Waals surface area contributed by atoms with Crippen molar-refractivity contribution in [1.82, 2.24) is 0 Å². The van der Waals surface area contributed by atoms with Gasteiger partial charge in [-0.25, -0.2) is 0 Å². The molecule has 0 fully saturated rings. The van der Waals surface area contributed by atoms with Crippen LogP contribution in [0.15, 0.2) is 70.4 Å². The summed E-state index contributed by atoms with van der Waals surface area (Å²) in [6.07, 6.45) is 5.41. The minimum atomic E-state index is -1.08. The second-order valence-corrected chi connectivity index (χ2v) is 16.4. The summed E-state index contributed by atoms with van der Waals surface area (Å²) in [5, 5.41) is 1.59. The van der Waals surface area contributed by atoms with E-state index in [1.807, 2.05) is 6.26 Å². The Morgan fingerprint density at radius 2 is 1.66 bits per heavy atom. The van der Waals surface area contributed by atoms with Gasteiger partial charge in [-0.05, 0) is 18.2 Å². The molecule has 0 radical (unpaired) electrons. The van der Waals surface area contributed by atoms with Crippen molar-refractivity contribution in [2.24, 2.45) is 0 Å². The number of hydrogen-bond donors (Lipinski definition) is 0. The zero-order chi connectivity index (χ0) is 23.5. The quantitative estimate of drug-likeness (QED) is 0.423. The molecule has 3 aromatic rings. The Morgan fingerprint density at radius 1 is 0.971 bits per heavy atom. The summed E-state index contributed by atoms with van der Waals surface area (Å²) in [5.74, 6) is 1.86. The predicted octanol–water partition coefficient (Wildman–Crippen LogP) is 2.83. The molecule has 2 bridgehead atoms. The van der Waals surface area contributed by atoms with Crippen molar-refractivity contribution >= 4 is 19.3 Å². The van der Waals surface area contributed by atoms with Crippen molar-refractivity contribution in [3.05, 3.63) is 94.0 Å². The van der Waals surface area contributed by atoms with Crippen molar-refractivity contribution in [3.8, 4) is 11.1 Å². The average Bonchev–Trinajstić information content (AvgIpc) is 3.50. The van der Waals surface area contributed by atoms with Crippen LogP contribution in [0.5, 0.6) is 0 Å². The first-order valence-corrected chi connectivity index (χ1v) is 16.7. The molecule has 3 heterocycles. The molecule has 0 spiro atoms. The summed E-state index contributed by atoms with van der Waals surface area (Å²) in [5.41, 5.74) is 12.5. The first-order chi connectivity index (χ1) is 15.8. The van der Waals surface area contributed by atoms with Crippen LogP contribution in [0.25, 0.3) is 22.4 Å². The van der Waals surface area contributed by atoms with E-state index >= 15 is 0 Å². The molecule has 0 amide bonds. The van der Waals surface area contributed by atoms with Crippen LogP contribution < -0.4 is 24.8 Å². The minimum Gasteiger partial charge on any atom is -1.00 e. The van der Waals surface area contributed by atoms with E-state index in [1.165, 1.54) is 51.1 Å². The van der Waals surface area contributed by atoms with Gasteiger partial charge < -0.3 is 29.2 Å². The maximum atomic E-state index is 5.51. The summed E-state index contributed by atoms with van der Waals surface area (Å²) in [6, 6.07) is 18.1. The Labute approximate surface area is 239 Å². The molecule has 1 aromatic heterocycles. The third-order valence-electron chi connectivity index (χ3n) is 8.11. The van der Waals surface area contributed by atoms with Gasteiger partial charge in [0.1, 0.15) is 5.76 Å². The van der Waals surface area contributed by atoms with Crippen molar-refractivity contribution in [2.75, 3.05) is 0 Å². The molecule has 35 heavy (non-hydrogen) atoms. The maximum Gasteiger partial charge on any atom is -1.00 e. The molecule has 5 heteroatoms. The van der Waals surface area contributed by atoms with Crippen molar-refractivity contribution < 1.29 is 54.0 Å². The Balaban J connectivity index is 0.000000208. The third-order valence-corrected chi connectivity index (χ3v) is 14.1. The van der Waals surface area contributed by atoms with E-state index in [9.17, 15) is 0 Å². The van der Waals surface area contributed by atoms with Crippen LogP contribution >= 0.6 is 0 Å². The molecular formula is C30H33Cl2OSiZr. The van der Waals surface area contributed by atoms with Crippen molar-refractivity contribution in [2.45, 2.75) is 62.3 Å². The van der Waals surface area contributed by atoms with Crippen molar-refractivity contribution in [1.29, 1.82) is 0 Å². The van der Waals surface area contributed by atoms with Crippen molar-refractivity contribution in [3.63, 3.8) is 0 Å². The number of hydrogen-bond acceptors (Lipinski definition) is 1. The van der Waals surface area contributed by atoms with Gasteiger partial charge in [-0.15, -0.1) is 0 Å².